The van der Waals surface area contributed by atoms with Crippen LogP contribution in [0.25, 0.3) is 11.0 Å². The number of aromatic nitrogens is 2. The van der Waals surface area contributed by atoms with E-state index in [4.69, 9.17) is 0 Å². The van der Waals surface area contributed by atoms with Crippen LogP contribution in [0.5, 0.6) is 0 Å². The molecule has 0 unspecified atom stereocenters. The highest BCUT2D eigenvalue weighted by molar-refractivity contribution is 5.96. The first-order valence-electron chi connectivity index (χ1n) is 10.5. The summed E-state index contributed by atoms with van der Waals surface area (Å²) >= 11 is 0. The molecule has 2 amide bonds. The molecule has 3 aromatic rings. The van der Waals surface area contributed by atoms with E-state index >= 15 is 0 Å². The Bertz CT molecular complexity index is 1270. The molecule has 33 heavy (non-hydrogen) atoms. The lowest BCUT2D eigenvalue weighted by Crippen LogP contribution is -2.41. The summed E-state index contributed by atoms with van der Waals surface area (Å²) in [6, 6.07) is 9.41. The van der Waals surface area contributed by atoms with Crippen molar-refractivity contribution in [1.29, 1.82) is 0 Å². The minimum absolute atomic E-state index is 0.154. The smallest absolute Gasteiger partial charge is 0.339 e. The third kappa shape index (κ3) is 4.37. The fourth-order valence-corrected chi connectivity index (χ4v) is 4.16. The van der Waals surface area contributed by atoms with Gasteiger partial charge in [-0.15, -0.1) is 0 Å². The molecule has 174 valence electrons. The van der Waals surface area contributed by atoms with Crippen LogP contribution in [0.4, 0.5) is 18.9 Å². The molecule has 4 rings (SSSR count). The van der Waals surface area contributed by atoms with Crippen molar-refractivity contribution in [2.75, 3.05) is 18.4 Å². The fourth-order valence-electron chi connectivity index (χ4n) is 4.16. The largest absolute Gasteiger partial charge is 0.416 e. The Kier molecular flexibility index (Phi) is 5.77. The van der Waals surface area contributed by atoms with Gasteiger partial charge in [0.15, 0.2) is 0 Å². The number of nitrogens with one attached hydrogen (secondary N) is 1. The zero-order chi connectivity index (χ0) is 23.9. The second kappa shape index (κ2) is 8.42. The van der Waals surface area contributed by atoms with E-state index in [9.17, 15) is 27.6 Å². The Hall–Kier alpha value is -3.56. The number of alkyl halides is 3. The van der Waals surface area contributed by atoms with Gasteiger partial charge in [0.05, 0.1) is 16.6 Å². The van der Waals surface area contributed by atoms with Gasteiger partial charge < -0.3 is 10.2 Å². The highest BCUT2D eigenvalue weighted by atomic mass is 19.4. The molecule has 0 saturated carbocycles. The molecule has 1 N–H and O–H groups in total. The molecule has 1 fully saturated rings. The summed E-state index contributed by atoms with van der Waals surface area (Å²) in [4.78, 5) is 39.0. The monoisotopic (exact) mass is 460 g/mol. The summed E-state index contributed by atoms with van der Waals surface area (Å²) in [6.45, 7) is 0.675. The van der Waals surface area contributed by atoms with Gasteiger partial charge in [0, 0.05) is 44.4 Å². The molecule has 2 heterocycles. The van der Waals surface area contributed by atoms with Gasteiger partial charge in [-0.1, -0.05) is 0 Å². The topological polar surface area (TPSA) is 76.3 Å². The van der Waals surface area contributed by atoms with Crippen LogP contribution < -0.4 is 11.0 Å². The Morgan fingerprint density at radius 1 is 0.939 bits per heavy atom. The van der Waals surface area contributed by atoms with Gasteiger partial charge >= 0.3 is 11.9 Å². The molecule has 10 heteroatoms. The molecule has 0 radical (unpaired) electrons. The van der Waals surface area contributed by atoms with Crippen LogP contribution in [0, 0.1) is 5.92 Å². The number of aryl methyl sites for hydroxylation is 2. The third-order valence-electron chi connectivity index (χ3n) is 6.15. The number of anilines is 1. The van der Waals surface area contributed by atoms with E-state index in [2.05, 4.69) is 5.32 Å². The molecule has 0 atom stereocenters. The van der Waals surface area contributed by atoms with E-state index in [1.165, 1.54) is 21.3 Å². The number of carbonyl (C=O) groups is 2. The quantitative estimate of drug-likeness (QED) is 0.651. The van der Waals surface area contributed by atoms with Gasteiger partial charge in [0.1, 0.15) is 0 Å². The predicted octanol–water partition coefficient (Wildman–Crippen LogP) is 3.39. The molecule has 2 aromatic carbocycles. The minimum Gasteiger partial charge on any atom is -0.339 e. The summed E-state index contributed by atoms with van der Waals surface area (Å²) in [5.74, 6) is -0.813. The predicted molar refractivity (Wildman–Crippen MR) is 117 cm³/mol. The number of piperidine rings is 1. The average molecular weight is 460 g/mol. The molecule has 1 saturated heterocycles. The van der Waals surface area contributed by atoms with Gasteiger partial charge in [-0.05, 0) is 55.3 Å². The maximum Gasteiger partial charge on any atom is 0.416 e. The molecular formula is C23H23F3N4O3. The number of hydrogen-bond acceptors (Lipinski definition) is 3. The van der Waals surface area contributed by atoms with Gasteiger partial charge in [-0.2, -0.15) is 13.2 Å². The first-order chi connectivity index (χ1) is 15.6. The van der Waals surface area contributed by atoms with Crippen LogP contribution in [0.1, 0.15) is 28.8 Å². The molecule has 1 aliphatic heterocycles. The Labute approximate surface area is 187 Å². The van der Waals surface area contributed by atoms with Crippen LogP contribution in [-0.2, 0) is 25.1 Å². The van der Waals surface area contributed by atoms with Crippen molar-refractivity contribution in [2.45, 2.75) is 19.0 Å². The first-order valence-corrected chi connectivity index (χ1v) is 10.5. The maximum atomic E-state index is 12.7. The van der Waals surface area contributed by atoms with Crippen LogP contribution >= 0.6 is 0 Å². The number of fused-ring (bicyclic) bond motifs is 1. The number of rotatable bonds is 3. The maximum absolute atomic E-state index is 12.7. The Balaban J connectivity index is 1.37. The van der Waals surface area contributed by atoms with Gasteiger partial charge in [0.25, 0.3) is 5.91 Å². The number of imidazole rings is 1. The summed E-state index contributed by atoms with van der Waals surface area (Å²) in [5.41, 5.74) is 1.28. The minimum atomic E-state index is -4.45. The van der Waals surface area contributed by atoms with Crippen LogP contribution in [0.15, 0.2) is 47.3 Å². The number of carbonyl (C=O) groups excluding carboxylic acids is 2. The van der Waals surface area contributed by atoms with E-state index in [1.54, 1.807) is 37.2 Å². The van der Waals surface area contributed by atoms with Crippen LogP contribution in [0.2, 0.25) is 0 Å². The number of benzene rings is 2. The normalized spacial score (nSPS) is 15.1. The van der Waals surface area contributed by atoms with Crippen molar-refractivity contribution in [3.8, 4) is 0 Å². The van der Waals surface area contributed by atoms with E-state index in [1.807, 2.05) is 0 Å². The zero-order valence-corrected chi connectivity index (χ0v) is 18.1. The van der Waals surface area contributed by atoms with E-state index in [0.29, 0.717) is 37.1 Å². The molecule has 7 nitrogen and oxygen atoms in total. The van der Waals surface area contributed by atoms with Crippen molar-refractivity contribution >= 4 is 28.5 Å². The number of nitrogens with zero attached hydrogens (tertiary/aromatic N) is 3. The summed E-state index contributed by atoms with van der Waals surface area (Å²) in [5, 5.41) is 2.88. The van der Waals surface area contributed by atoms with Crippen molar-refractivity contribution in [2.24, 2.45) is 20.0 Å². The number of halogens is 3. The second-order valence-corrected chi connectivity index (χ2v) is 8.23. The molecular weight excluding hydrogens is 437 g/mol. The molecule has 0 aliphatic carbocycles. The van der Waals surface area contributed by atoms with Gasteiger partial charge in [-0.25, -0.2) is 4.79 Å². The van der Waals surface area contributed by atoms with Gasteiger partial charge in [-0.3, -0.25) is 18.7 Å². The summed E-state index contributed by atoms with van der Waals surface area (Å²) in [7, 11) is 3.35. The highest BCUT2D eigenvalue weighted by Gasteiger charge is 2.31. The van der Waals surface area contributed by atoms with Gasteiger partial charge in [0.2, 0.25) is 5.91 Å². The lowest BCUT2D eigenvalue weighted by Gasteiger charge is -2.31. The molecule has 0 bridgehead atoms. The zero-order valence-electron chi connectivity index (χ0n) is 18.1. The third-order valence-corrected chi connectivity index (χ3v) is 6.15. The number of hydrogen-bond donors (Lipinski definition) is 1. The number of likely N-dealkylation sites (tertiary alicyclic amines) is 1. The summed E-state index contributed by atoms with van der Waals surface area (Å²) < 4.78 is 41.2. The molecule has 1 aliphatic rings. The van der Waals surface area contributed by atoms with Crippen LogP contribution in [-0.4, -0.2) is 38.9 Å². The highest BCUT2D eigenvalue weighted by Crippen LogP contribution is 2.29. The van der Waals surface area contributed by atoms with E-state index in [0.717, 1.165) is 17.6 Å². The summed E-state index contributed by atoms with van der Waals surface area (Å²) in [6.07, 6.45) is -3.55. The number of amides is 2. The first kappa shape index (κ1) is 22.6. The standard InChI is InChI=1S/C23H23F3N4O3/c1-28-18-8-7-17(13-19(18)29(2)22(28)33)27-20(31)14-9-11-30(12-10-14)21(32)15-3-5-16(6-4-15)23(24,25)26/h3-8,13-14H,9-12H2,1-2H3,(H,27,31). The van der Waals surface area contributed by atoms with Crippen molar-refractivity contribution < 1.29 is 22.8 Å². The molecule has 0 spiro atoms. The Morgan fingerprint density at radius 3 is 2.15 bits per heavy atom. The lowest BCUT2D eigenvalue weighted by molar-refractivity contribution is -0.137. The SMILES string of the molecule is Cn1c(=O)n(C)c2cc(NC(=O)C3CCN(C(=O)c4ccc(C(F)(F)F)cc4)CC3)ccc21. The average Bonchev–Trinajstić information content (AvgIpc) is 3.02. The van der Waals surface area contributed by atoms with Crippen molar-refractivity contribution in [1.82, 2.24) is 14.0 Å². The fraction of sp³-hybridized carbons (Fsp3) is 0.348. The second-order valence-electron chi connectivity index (χ2n) is 8.23. The van der Waals surface area contributed by atoms with E-state index < -0.39 is 11.7 Å². The van der Waals surface area contributed by atoms with Crippen molar-refractivity contribution in [3.63, 3.8) is 0 Å². The Morgan fingerprint density at radius 2 is 1.55 bits per heavy atom. The van der Waals surface area contributed by atoms with Crippen molar-refractivity contribution in [3.05, 3.63) is 64.1 Å². The van der Waals surface area contributed by atoms with E-state index in [-0.39, 0.29) is 29.0 Å². The lowest BCUT2D eigenvalue weighted by atomic mass is 9.95. The molecule has 1 aromatic heterocycles. The van der Waals surface area contributed by atoms with Crippen LogP contribution in [0.3, 0.4) is 0 Å².